The summed E-state index contributed by atoms with van der Waals surface area (Å²) in [7, 11) is 2.06. The molecule has 1 aliphatic heterocycles. The van der Waals surface area contributed by atoms with E-state index in [0.29, 0.717) is 0 Å². The smallest absolute Gasteiger partial charge is 0.108 e. The highest BCUT2D eigenvalue weighted by molar-refractivity contribution is 5.49. The molecule has 0 aliphatic carbocycles. The summed E-state index contributed by atoms with van der Waals surface area (Å²) in [4.78, 5) is 6.84. The van der Waals surface area contributed by atoms with Crippen molar-refractivity contribution in [2.24, 2.45) is 13.0 Å². The fraction of sp³-hybridized carbons (Fsp3) is 0.412. The number of piperidine rings is 1. The zero-order valence-electron chi connectivity index (χ0n) is 12.4. The second-order valence-electron chi connectivity index (χ2n) is 5.75. The molecule has 108 valence electrons. The number of aryl methyl sites for hydroxylation is 1. The third-order valence-corrected chi connectivity index (χ3v) is 4.37. The Kier molecular flexibility index (Phi) is 3.92. The zero-order valence-corrected chi connectivity index (χ0v) is 12.4. The van der Waals surface area contributed by atoms with Gasteiger partial charge in [0.1, 0.15) is 5.82 Å². The van der Waals surface area contributed by atoms with E-state index in [0.717, 1.165) is 31.0 Å². The van der Waals surface area contributed by atoms with Crippen LogP contribution in [0, 0.1) is 17.2 Å². The monoisotopic (exact) mass is 280 g/mol. The van der Waals surface area contributed by atoms with E-state index in [1.54, 1.807) is 0 Å². The number of benzene rings is 1. The Labute approximate surface area is 125 Å². The molecule has 0 spiro atoms. The van der Waals surface area contributed by atoms with Gasteiger partial charge in [-0.3, -0.25) is 0 Å². The molecule has 2 aromatic rings. The minimum Gasteiger partial charge on any atom is -0.372 e. The molecule has 0 bridgehead atoms. The average molecular weight is 280 g/mol. The Hall–Kier alpha value is -2.28. The van der Waals surface area contributed by atoms with Crippen LogP contribution in [0.3, 0.4) is 0 Å². The minimum atomic E-state index is 0.723. The minimum absolute atomic E-state index is 0.723. The van der Waals surface area contributed by atoms with E-state index in [1.165, 1.54) is 24.4 Å². The number of nitrogens with zero attached hydrogens (tertiary/aromatic N) is 4. The van der Waals surface area contributed by atoms with Gasteiger partial charge in [0.05, 0.1) is 11.6 Å². The number of anilines is 1. The van der Waals surface area contributed by atoms with Crippen molar-refractivity contribution in [2.75, 3.05) is 18.0 Å². The van der Waals surface area contributed by atoms with Crippen LogP contribution in [0.25, 0.3) is 0 Å². The standard InChI is InChI=1S/C17H20N4/c1-20-11-8-19-17(20)12-14-6-9-21(10-7-14)16-4-2-15(13-18)3-5-16/h2-5,8,11,14H,6-7,9-10,12H2,1H3. The molecule has 4 heteroatoms. The van der Waals surface area contributed by atoms with E-state index < -0.39 is 0 Å². The highest BCUT2D eigenvalue weighted by Gasteiger charge is 2.20. The molecule has 21 heavy (non-hydrogen) atoms. The van der Waals surface area contributed by atoms with Gasteiger partial charge in [0.2, 0.25) is 0 Å². The molecule has 3 rings (SSSR count). The van der Waals surface area contributed by atoms with E-state index >= 15 is 0 Å². The molecule has 4 nitrogen and oxygen atoms in total. The predicted octanol–water partition coefficient (Wildman–Crippen LogP) is 2.75. The van der Waals surface area contributed by atoms with Gasteiger partial charge >= 0.3 is 0 Å². The first-order valence-electron chi connectivity index (χ1n) is 7.47. The quantitative estimate of drug-likeness (QED) is 0.868. The van der Waals surface area contributed by atoms with Crippen LogP contribution in [0.5, 0.6) is 0 Å². The van der Waals surface area contributed by atoms with Crippen LogP contribution in [0.15, 0.2) is 36.7 Å². The molecule has 0 atom stereocenters. The zero-order chi connectivity index (χ0) is 14.7. The Bertz CT molecular complexity index is 628. The summed E-state index contributed by atoms with van der Waals surface area (Å²) in [6.45, 7) is 2.17. The molecule has 1 aliphatic rings. The van der Waals surface area contributed by atoms with Gasteiger partial charge in [-0.15, -0.1) is 0 Å². The van der Waals surface area contributed by atoms with Crippen molar-refractivity contribution in [3.8, 4) is 6.07 Å². The normalized spacial score (nSPS) is 15.9. The molecule has 2 heterocycles. The van der Waals surface area contributed by atoms with Crippen LogP contribution < -0.4 is 4.90 Å². The second-order valence-corrected chi connectivity index (χ2v) is 5.75. The van der Waals surface area contributed by atoms with Crippen molar-refractivity contribution in [1.82, 2.24) is 9.55 Å². The molecule has 1 aromatic carbocycles. The van der Waals surface area contributed by atoms with E-state index in [4.69, 9.17) is 5.26 Å². The van der Waals surface area contributed by atoms with Crippen LogP contribution in [0.4, 0.5) is 5.69 Å². The van der Waals surface area contributed by atoms with Crippen LogP contribution in [0.2, 0.25) is 0 Å². The summed E-state index contributed by atoms with van der Waals surface area (Å²) < 4.78 is 2.12. The van der Waals surface area contributed by atoms with Gasteiger partial charge in [0, 0.05) is 44.6 Å². The molecule has 0 amide bonds. The SMILES string of the molecule is Cn1ccnc1CC1CCN(c2ccc(C#N)cc2)CC1. The Morgan fingerprint density at radius 3 is 2.52 bits per heavy atom. The van der Waals surface area contributed by atoms with Crippen molar-refractivity contribution in [1.29, 1.82) is 5.26 Å². The molecule has 1 aromatic heterocycles. The predicted molar refractivity (Wildman–Crippen MR) is 83.0 cm³/mol. The third kappa shape index (κ3) is 3.08. The van der Waals surface area contributed by atoms with Gasteiger partial charge < -0.3 is 9.47 Å². The lowest BCUT2D eigenvalue weighted by Gasteiger charge is -2.33. The van der Waals surface area contributed by atoms with E-state index in [-0.39, 0.29) is 0 Å². The summed E-state index contributed by atoms with van der Waals surface area (Å²) in [6, 6.07) is 10.1. The summed E-state index contributed by atoms with van der Waals surface area (Å²) in [5.74, 6) is 1.91. The van der Waals surface area contributed by atoms with Crippen LogP contribution >= 0.6 is 0 Å². The van der Waals surface area contributed by atoms with Gasteiger partial charge in [0.25, 0.3) is 0 Å². The largest absolute Gasteiger partial charge is 0.372 e. The summed E-state index contributed by atoms with van der Waals surface area (Å²) in [5.41, 5.74) is 1.95. The first-order chi connectivity index (χ1) is 10.3. The Balaban J connectivity index is 1.57. The number of rotatable bonds is 3. The molecule has 0 saturated carbocycles. The first-order valence-corrected chi connectivity index (χ1v) is 7.47. The Morgan fingerprint density at radius 1 is 1.24 bits per heavy atom. The van der Waals surface area contributed by atoms with Gasteiger partial charge in [-0.25, -0.2) is 4.98 Å². The van der Waals surface area contributed by atoms with Crippen molar-refractivity contribution in [2.45, 2.75) is 19.3 Å². The van der Waals surface area contributed by atoms with E-state index in [9.17, 15) is 0 Å². The summed E-state index contributed by atoms with van der Waals surface area (Å²) >= 11 is 0. The van der Waals surface area contributed by atoms with Crippen molar-refractivity contribution in [3.05, 3.63) is 48.0 Å². The fourth-order valence-corrected chi connectivity index (χ4v) is 2.99. The molecule has 0 N–H and O–H groups in total. The van der Waals surface area contributed by atoms with Gasteiger partial charge in [-0.1, -0.05) is 0 Å². The number of hydrogen-bond donors (Lipinski definition) is 0. The molecular weight excluding hydrogens is 260 g/mol. The highest BCUT2D eigenvalue weighted by atomic mass is 15.1. The van der Waals surface area contributed by atoms with Crippen LogP contribution in [0.1, 0.15) is 24.2 Å². The maximum Gasteiger partial charge on any atom is 0.108 e. The van der Waals surface area contributed by atoms with E-state index in [2.05, 4.69) is 39.7 Å². The molecule has 0 radical (unpaired) electrons. The summed E-state index contributed by atoms with van der Waals surface area (Å²) in [6.07, 6.45) is 7.37. The number of hydrogen-bond acceptors (Lipinski definition) is 3. The number of aromatic nitrogens is 2. The molecular formula is C17H20N4. The van der Waals surface area contributed by atoms with Gasteiger partial charge in [-0.2, -0.15) is 5.26 Å². The number of imidazole rings is 1. The van der Waals surface area contributed by atoms with Crippen LogP contribution in [-0.4, -0.2) is 22.6 Å². The Morgan fingerprint density at radius 2 is 1.95 bits per heavy atom. The van der Waals surface area contributed by atoms with Gasteiger partial charge in [0.15, 0.2) is 0 Å². The summed E-state index contributed by atoms with van der Waals surface area (Å²) in [5, 5.41) is 8.85. The molecule has 1 saturated heterocycles. The fourth-order valence-electron chi connectivity index (χ4n) is 2.99. The maximum absolute atomic E-state index is 8.85. The topological polar surface area (TPSA) is 44.9 Å². The first kappa shape index (κ1) is 13.7. The maximum atomic E-state index is 8.85. The lowest BCUT2D eigenvalue weighted by molar-refractivity contribution is 0.393. The highest BCUT2D eigenvalue weighted by Crippen LogP contribution is 2.25. The second kappa shape index (κ2) is 6.01. The van der Waals surface area contributed by atoms with Crippen molar-refractivity contribution < 1.29 is 0 Å². The van der Waals surface area contributed by atoms with Gasteiger partial charge in [-0.05, 0) is 43.0 Å². The van der Waals surface area contributed by atoms with E-state index in [1.807, 2.05) is 24.5 Å². The van der Waals surface area contributed by atoms with Crippen molar-refractivity contribution >= 4 is 5.69 Å². The molecule has 1 fully saturated rings. The average Bonchev–Trinajstić information content (AvgIpc) is 2.93. The lowest BCUT2D eigenvalue weighted by atomic mass is 9.93. The molecule has 0 unspecified atom stereocenters. The number of nitriles is 1. The van der Waals surface area contributed by atoms with Crippen molar-refractivity contribution in [3.63, 3.8) is 0 Å². The van der Waals surface area contributed by atoms with Crippen LogP contribution in [-0.2, 0) is 13.5 Å². The lowest BCUT2D eigenvalue weighted by Crippen LogP contribution is -2.34. The third-order valence-electron chi connectivity index (χ3n) is 4.37.